The molecule has 1 saturated heterocycles. The maximum atomic E-state index is 12.7. The average Bonchev–Trinajstić information content (AvgIpc) is 2.95. The van der Waals surface area contributed by atoms with E-state index in [1.165, 1.54) is 12.1 Å². The van der Waals surface area contributed by atoms with Crippen molar-refractivity contribution in [3.05, 3.63) is 56.9 Å². The summed E-state index contributed by atoms with van der Waals surface area (Å²) < 4.78 is 37.1. The first-order valence-electron chi connectivity index (χ1n) is 8.42. The van der Waals surface area contributed by atoms with Crippen molar-refractivity contribution in [2.45, 2.75) is 18.7 Å². The number of aryl methyl sites for hydroxylation is 1. The number of amides is 1. The lowest BCUT2D eigenvalue weighted by Gasteiger charge is -2.14. The standard InChI is InChI=1S/C19H16BrNO5S3/c1-3-25-15-9-12(10-16-18(22)21-19(27)28-16)8-14(20)17(15)26-29(23,24)13-6-4-11(2)5-7-13/h4-10H,3H2,1-2H3,(H,21,22,27)/b16-10+. The molecule has 2 aromatic rings. The zero-order valence-electron chi connectivity index (χ0n) is 15.4. The summed E-state index contributed by atoms with van der Waals surface area (Å²) in [6.45, 7) is 3.94. The molecule has 1 amide bonds. The third-order valence-electron chi connectivity index (χ3n) is 3.77. The second-order valence-corrected chi connectivity index (χ2v) is 10.1. The van der Waals surface area contributed by atoms with Gasteiger partial charge in [0.2, 0.25) is 0 Å². The van der Waals surface area contributed by atoms with E-state index in [4.69, 9.17) is 21.1 Å². The highest BCUT2D eigenvalue weighted by atomic mass is 79.9. The Balaban J connectivity index is 1.99. The van der Waals surface area contributed by atoms with Crippen molar-refractivity contribution < 1.29 is 22.1 Å². The molecule has 1 heterocycles. The van der Waals surface area contributed by atoms with Gasteiger partial charge < -0.3 is 14.2 Å². The molecule has 1 aliphatic heterocycles. The van der Waals surface area contributed by atoms with Gasteiger partial charge in [0.25, 0.3) is 5.91 Å². The van der Waals surface area contributed by atoms with E-state index in [0.717, 1.165) is 17.3 Å². The number of ether oxygens (including phenoxy) is 1. The van der Waals surface area contributed by atoms with Crippen LogP contribution < -0.4 is 14.2 Å². The molecule has 0 radical (unpaired) electrons. The second-order valence-electron chi connectivity index (χ2n) is 5.97. The molecular weight excluding hydrogens is 498 g/mol. The molecule has 1 aliphatic rings. The number of nitrogens with one attached hydrogen (secondary N) is 1. The topological polar surface area (TPSA) is 81.7 Å². The minimum atomic E-state index is -4.06. The maximum Gasteiger partial charge on any atom is 0.339 e. The van der Waals surface area contributed by atoms with Crippen LogP contribution in [0.4, 0.5) is 0 Å². The van der Waals surface area contributed by atoms with Gasteiger partial charge in [-0.15, -0.1) is 0 Å². The molecule has 1 fully saturated rings. The number of hydrogen-bond acceptors (Lipinski definition) is 7. The molecular formula is C19H16BrNO5S3. The zero-order chi connectivity index (χ0) is 21.2. The van der Waals surface area contributed by atoms with Gasteiger partial charge in [0.15, 0.2) is 11.5 Å². The molecule has 29 heavy (non-hydrogen) atoms. The normalized spacial score (nSPS) is 15.5. The molecule has 2 aromatic carbocycles. The van der Waals surface area contributed by atoms with Crippen molar-refractivity contribution in [2.75, 3.05) is 6.61 Å². The molecule has 10 heteroatoms. The maximum absolute atomic E-state index is 12.7. The monoisotopic (exact) mass is 513 g/mol. The van der Waals surface area contributed by atoms with Crippen LogP contribution in [-0.4, -0.2) is 25.3 Å². The summed E-state index contributed by atoms with van der Waals surface area (Å²) in [6.07, 6.45) is 1.64. The Hall–Kier alpha value is -1.88. The molecule has 0 spiro atoms. The molecule has 6 nitrogen and oxygen atoms in total. The van der Waals surface area contributed by atoms with E-state index in [1.807, 2.05) is 6.92 Å². The van der Waals surface area contributed by atoms with Crippen LogP contribution in [-0.2, 0) is 14.9 Å². The van der Waals surface area contributed by atoms with Crippen molar-refractivity contribution in [1.29, 1.82) is 0 Å². The summed E-state index contributed by atoms with van der Waals surface area (Å²) in [5.74, 6) is -0.0135. The van der Waals surface area contributed by atoms with Crippen molar-refractivity contribution in [1.82, 2.24) is 5.32 Å². The first-order chi connectivity index (χ1) is 13.7. The first kappa shape index (κ1) is 21.8. The summed E-state index contributed by atoms with van der Waals surface area (Å²) in [7, 11) is -4.06. The van der Waals surface area contributed by atoms with E-state index in [-0.39, 0.29) is 22.3 Å². The summed E-state index contributed by atoms with van der Waals surface area (Å²) in [5.41, 5.74) is 1.56. The third kappa shape index (κ3) is 5.19. The number of hydrogen-bond donors (Lipinski definition) is 1. The Kier molecular flexibility index (Phi) is 6.67. The number of rotatable bonds is 6. The zero-order valence-corrected chi connectivity index (χ0v) is 19.4. The van der Waals surface area contributed by atoms with Gasteiger partial charge in [0, 0.05) is 0 Å². The highest BCUT2D eigenvalue weighted by molar-refractivity contribution is 9.10. The first-order valence-corrected chi connectivity index (χ1v) is 11.8. The fourth-order valence-corrected chi connectivity index (χ4v) is 5.10. The SMILES string of the molecule is CCOc1cc(/C=C2/SC(=S)NC2=O)cc(Br)c1OS(=O)(=O)c1ccc(C)cc1. The van der Waals surface area contributed by atoms with E-state index < -0.39 is 10.1 Å². The Morgan fingerprint density at radius 3 is 2.52 bits per heavy atom. The van der Waals surface area contributed by atoms with Gasteiger partial charge in [-0.25, -0.2) is 0 Å². The van der Waals surface area contributed by atoms with Crippen LogP contribution in [0.3, 0.4) is 0 Å². The van der Waals surface area contributed by atoms with E-state index in [0.29, 0.717) is 25.9 Å². The highest BCUT2D eigenvalue weighted by Crippen LogP contribution is 2.40. The average molecular weight is 514 g/mol. The van der Waals surface area contributed by atoms with Gasteiger partial charge in [0.05, 0.1) is 16.0 Å². The van der Waals surface area contributed by atoms with Crippen LogP contribution >= 0.6 is 39.9 Å². The molecule has 0 saturated carbocycles. The number of halogens is 1. The van der Waals surface area contributed by atoms with Crippen LogP contribution in [0.15, 0.2) is 50.7 Å². The van der Waals surface area contributed by atoms with Gasteiger partial charge in [-0.2, -0.15) is 8.42 Å². The number of carbonyl (C=O) groups is 1. The van der Waals surface area contributed by atoms with Crippen molar-refractivity contribution in [2.24, 2.45) is 0 Å². The van der Waals surface area contributed by atoms with Gasteiger partial charge in [-0.3, -0.25) is 4.79 Å². The van der Waals surface area contributed by atoms with Crippen molar-refractivity contribution in [3.8, 4) is 11.5 Å². The lowest BCUT2D eigenvalue weighted by Crippen LogP contribution is -2.17. The highest BCUT2D eigenvalue weighted by Gasteiger charge is 2.24. The number of thiocarbonyl (C=S) groups is 1. The largest absolute Gasteiger partial charge is 0.490 e. The van der Waals surface area contributed by atoms with Gasteiger partial charge in [0.1, 0.15) is 9.22 Å². The Morgan fingerprint density at radius 1 is 1.24 bits per heavy atom. The minimum Gasteiger partial charge on any atom is -0.490 e. The van der Waals surface area contributed by atoms with Crippen LogP contribution in [0.2, 0.25) is 0 Å². The van der Waals surface area contributed by atoms with Crippen LogP contribution in [0.5, 0.6) is 11.5 Å². The number of carbonyl (C=O) groups excluding carboxylic acids is 1. The summed E-state index contributed by atoms with van der Waals surface area (Å²) in [6, 6.07) is 9.60. The molecule has 1 N–H and O–H groups in total. The Bertz CT molecular complexity index is 1110. The fourth-order valence-electron chi connectivity index (χ4n) is 2.45. The molecule has 0 atom stereocenters. The quantitative estimate of drug-likeness (QED) is 0.348. The number of thioether (sulfide) groups is 1. The summed E-state index contributed by atoms with van der Waals surface area (Å²) >= 11 is 9.49. The smallest absolute Gasteiger partial charge is 0.339 e. The van der Waals surface area contributed by atoms with Crippen LogP contribution in [0, 0.1) is 6.92 Å². The Morgan fingerprint density at radius 2 is 1.93 bits per heavy atom. The number of benzene rings is 2. The molecule has 0 bridgehead atoms. The van der Waals surface area contributed by atoms with Gasteiger partial charge in [-0.1, -0.05) is 41.7 Å². The van der Waals surface area contributed by atoms with E-state index in [9.17, 15) is 13.2 Å². The molecule has 0 aromatic heterocycles. The van der Waals surface area contributed by atoms with Crippen LogP contribution in [0.1, 0.15) is 18.1 Å². The molecule has 3 rings (SSSR count). The van der Waals surface area contributed by atoms with Gasteiger partial charge >= 0.3 is 10.1 Å². The molecule has 0 unspecified atom stereocenters. The molecule has 0 aliphatic carbocycles. The van der Waals surface area contributed by atoms with Gasteiger partial charge in [-0.05, 0) is 65.7 Å². The lowest BCUT2D eigenvalue weighted by molar-refractivity contribution is -0.115. The third-order valence-corrected chi connectivity index (χ3v) is 6.76. The van der Waals surface area contributed by atoms with E-state index >= 15 is 0 Å². The predicted molar refractivity (Wildman–Crippen MR) is 121 cm³/mol. The second kappa shape index (κ2) is 8.86. The van der Waals surface area contributed by atoms with Crippen molar-refractivity contribution in [3.63, 3.8) is 0 Å². The lowest BCUT2D eigenvalue weighted by atomic mass is 10.2. The van der Waals surface area contributed by atoms with E-state index in [1.54, 1.807) is 37.3 Å². The predicted octanol–water partition coefficient (Wildman–Crippen LogP) is 4.41. The summed E-state index contributed by atoms with van der Waals surface area (Å²) in [5, 5.41) is 2.55. The van der Waals surface area contributed by atoms with E-state index in [2.05, 4.69) is 21.2 Å². The Labute approximate surface area is 186 Å². The fraction of sp³-hybridized carbons (Fsp3) is 0.158. The summed E-state index contributed by atoms with van der Waals surface area (Å²) in [4.78, 5) is 12.4. The van der Waals surface area contributed by atoms with Crippen LogP contribution in [0.25, 0.3) is 6.08 Å². The van der Waals surface area contributed by atoms with Crippen molar-refractivity contribution >= 4 is 66.3 Å². The minimum absolute atomic E-state index is 0.0358. The molecule has 152 valence electrons.